The van der Waals surface area contributed by atoms with Crippen molar-refractivity contribution in [1.82, 2.24) is 19.1 Å². The standard InChI is InChI=1S/C13H14N4O/c1-16-9-14-7-11(16)3-5-13(18)6-4-12-8-15-10-17(12)2/h3-10H,1-2H3/b5-3+,6-4+. The van der Waals surface area contributed by atoms with Crippen LogP contribution in [-0.2, 0) is 18.9 Å². The summed E-state index contributed by atoms with van der Waals surface area (Å²) in [7, 11) is 3.76. The number of aromatic nitrogens is 4. The third kappa shape index (κ3) is 2.82. The summed E-state index contributed by atoms with van der Waals surface area (Å²) in [5, 5.41) is 0. The molecule has 2 heterocycles. The maximum Gasteiger partial charge on any atom is 0.178 e. The molecule has 5 nitrogen and oxygen atoms in total. The molecule has 0 radical (unpaired) electrons. The zero-order valence-corrected chi connectivity index (χ0v) is 10.3. The average molecular weight is 242 g/mol. The van der Waals surface area contributed by atoms with Gasteiger partial charge in [0.1, 0.15) is 0 Å². The minimum Gasteiger partial charge on any atom is -0.334 e. The van der Waals surface area contributed by atoms with E-state index in [0.717, 1.165) is 11.4 Å². The summed E-state index contributed by atoms with van der Waals surface area (Å²) in [5.41, 5.74) is 1.77. The van der Waals surface area contributed by atoms with Crippen molar-refractivity contribution in [3.8, 4) is 0 Å². The Morgan fingerprint density at radius 3 is 1.78 bits per heavy atom. The highest BCUT2D eigenvalue weighted by Crippen LogP contribution is 2.02. The van der Waals surface area contributed by atoms with Crippen LogP contribution in [0.1, 0.15) is 11.4 Å². The molecule has 2 aromatic rings. The number of carbonyl (C=O) groups excluding carboxylic acids is 1. The van der Waals surface area contributed by atoms with Crippen LogP contribution in [0.4, 0.5) is 0 Å². The van der Waals surface area contributed by atoms with Crippen LogP contribution in [0.3, 0.4) is 0 Å². The molecule has 92 valence electrons. The monoisotopic (exact) mass is 242 g/mol. The molecule has 2 rings (SSSR count). The van der Waals surface area contributed by atoms with Crippen molar-refractivity contribution in [3.05, 3.63) is 48.6 Å². The van der Waals surface area contributed by atoms with Gasteiger partial charge in [-0.1, -0.05) is 0 Å². The molecule has 2 aromatic heterocycles. The van der Waals surface area contributed by atoms with Gasteiger partial charge in [0.05, 0.1) is 36.4 Å². The minimum absolute atomic E-state index is 0.0719. The second kappa shape index (κ2) is 5.27. The Kier molecular flexibility index (Phi) is 3.52. The molecule has 0 fully saturated rings. The van der Waals surface area contributed by atoms with Crippen molar-refractivity contribution in [2.45, 2.75) is 0 Å². The molecular formula is C13H14N4O. The van der Waals surface area contributed by atoms with E-state index in [2.05, 4.69) is 9.97 Å². The molecule has 0 saturated heterocycles. The van der Waals surface area contributed by atoms with Gasteiger partial charge in [-0.2, -0.15) is 0 Å². The quantitative estimate of drug-likeness (QED) is 0.762. The second-order valence-electron chi connectivity index (χ2n) is 3.93. The number of hydrogen-bond acceptors (Lipinski definition) is 3. The van der Waals surface area contributed by atoms with Crippen molar-refractivity contribution < 1.29 is 4.79 Å². The molecule has 0 aliphatic carbocycles. The maximum atomic E-state index is 11.6. The largest absolute Gasteiger partial charge is 0.334 e. The first kappa shape index (κ1) is 12.0. The van der Waals surface area contributed by atoms with Crippen molar-refractivity contribution in [1.29, 1.82) is 0 Å². The first-order valence-electron chi connectivity index (χ1n) is 5.49. The van der Waals surface area contributed by atoms with Gasteiger partial charge in [-0.15, -0.1) is 0 Å². The number of imidazole rings is 2. The molecule has 18 heavy (non-hydrogen) atoms. The van der Waals surface area contributed by atoms with Crippen LogP contribution < -0.4 is 0 Å². The summed E-state index contributed by atoms with van der Waals surface area (Å²) in [6.07, 6.45) is 13.3. The van der Waals surface area contributed by atoms with Crippen LogP contribution in [0.2, 0.25) is 0 Å². The van der Waals surface area contributed by atoms with E-state index in [9.17, 15) is 4.79 Å². The van der Waals surface area contributed by atoms with E-state index in [4.69, 9.17) is 0 Å². The number of carbonyl (C=O) groups is 1. The summed E-state index contributed by atoms with van der Waals surface area (Å²) < 4.78 is 3.68. The van der Waals surface area contributed by atoms with Crippen LogP contribution in [0.25, 0.3) is 12.2 Å². The van der Waals surface area contributed by atoms with Crippen LogP contribution in [0.15, 0.2) is 37.2 Å². The number of nitrogens with zero attached hydrogens (tertiary/aromatic N) is 4. The Labute approximate surface area is 105 Å². The number of allylic oxidation sites excluding steroid dienone is 2. The van der Waals surface area contributed by atoms with Crippen molar-refractivity contribution in [2.75, 3.05) is 0 Å². The maximum absolute atomic E-state index is 11.6. The van der Waals surface area contributed by atoms with Gasteiger partial charge in [0, 0.05) is 14.1 Å². The normalized spacial score (nSPS) is 11.7. The molecule has 0 saturated carbocycles. The van der Waals surface area contributed by atoms with Crippen LogP contribution >= 0.6 is 0 Å². The number of rotatable bonds is 4. The molecule has 5 heteroatoms. The lowest BCUT2D eigenvalue weighted by Gasteiger charge is -1.93. The van der Waals surface area contributed by atoms with Crippen molar-refractivity contribution in [2.24, 2.45) is 14.1 Å². The fourth-order valence-corrected chi connectivity index (χ4v) is 1.45. The van der Waals surface area contributed by atoms with Gasteiger partial charge in [-0.3, -0.25) is 4.79 Å². The molecule has 0 unspecified atom stereocenters. The predicted molar refractivity (Wildman–Crippen MR) is 69.5 cm³/mol. The Hall–Kier alpha value is -2.43. The molecule has 0 atom stereocenters. The highest BCUT2D eigenvalue weighted by atomic mass is 16.1. The fourth-order valence-electron chi connectivity index (χ4n) is 1.45. The lowest BCUT2D eigenvalue weighted by atomic mass is 10.2. The van der Waals surface area contributed by atoms with Crippen LogP contribution in [0.5, 0.6) is 0 Å². The SMILES string of the molecule is Cn1cncc1/C=C/C(=O)/C=C/c1cncn1C. The van der Waals surface area contributed by atoms with Crippen LogP contribution in [-0.4, -0.2) is 24.9 Å². The molecular weight excluding hydrogens is 228 g/mol. The molecule has 0 bridgehead atoms. The highest BCUT2D eigenvalue weighted by Gasteiger charge is 1.96. The van der Waals surface area contributed by atoms with Gasteiger partial charge in [0.15, 0.2) is 5.78 Å². The van der Waals surface area contributed by atoms with Gasteiger partial charge in [-0.05, 0) is 24.3 Å². The molecule has 0 spiro atoms. The summed E-state index contributed by atoms with van der Waals surface area (Å²) in [5.74, 6) is -0.0719. The van der Waals surface area contributed by atoms with E-state index >= 15 is 0 Å². The Balaban J connectivity index is 2.01. The first-order valence-corrected chi connectivity index (χ1v) is 5.49. The van der Waals surface area contributed by atoms with Crippen LogP contribution in [0, 0.1) is 0 Å². The van der Waals surface area contributed by atoms with E-state index in [-0.39, 0.29) is 5.78 Å². The zero-order valence-electron chi connectivity index (χ0n) is 10.3. The average Bonchev–Trinajstić information content (AvgIpc) is 2.93. The summed E-state index contributed by atoms with van der Waals surface area (Å²) in [6.45, 7) is 0. The van der Waals surface area contributed by atoms with Gasteiger partial charge in [0.25, 0.3) is 0 Å². The molecule has 0 aliphatic heterocycles. The second-order valence-corrected chi connectivity index (χ2v) is 3.93. The number of hydrogen-bond donors (Lipinski definition) is 0. The van der Waals surface area contributed by atoms with E-state index in [1.165, 1.54) is 12.2 Å². The molecule has 0 aromatic carbocycles. The van der Waals surface area contributed by atoms with Gasteiger partial charge in [0.2, 0.25) is 0 Å². The summed E-state index contributed by atoms with van der Waals surface area (Å²) in [6, 6.07) is 0. The summed E-state index contributed by atoms with van der Waals surface area (Å²) in [4.78, 5) is 19.6. The lowest BCUT2D eigenvalue weighted by molar-refractivity contribution is -0.110. The van der Waals surface area contributed by atoms with Crippen molar-refractivity contribution >= 4 is 17.9 Å². The topological polar surface area (TPSA) is 52.7 Å². The Bertz CT molecular complexity index is 552. The number of aryl methyl sites for hydroxylation is 2. The predicted octanol–water partition coefficient (Wildman–Crippen LogP) is 1.45. The van der Waals surface area contributed by atoms with E-state index in [1.807, 2.05) is 23.2 Å². The lowest BCUT2D eigenvalue weighted by Crippen LogP contribution is -1.91. The van der Waals surface area contributed by atoms with E-state index < -0.39 is 0 Å². The molecule has 0 amide bonds. The zero-order chi connectivity index (χ0) is 13.0. The molecule has 0 aliphatic rings. The smallest absolute Gasteiger partial charge is 0.178 e. The van der Waals surface area contributed by atoms with Gasteiger partial charge in [-0.25, -0.2) is 9.97 Å². The minimum atomic E-state index is -0.0719. The van der Waals surface area contributed by atoms with E-state index in [1.54, 1.807) is 37.2 Å². The molecule has 0 N–H and O–H groups in total. The number of ketones is 1. The highest BCUT2D eigenvalue weighted by molar-refractivity contribution is 6.04. The third-order valence-corrected chi connectivity index (χ3v) is 2.54. The third-order valence-electron chi connectivity index (χ3n) is 2.54. The van der Waals surface area contributed by atoms with Gasteiger partial charge >= 0.3 is 0 Å². The first-order chi connectivity index (χ1) is 8.66. The fraction of sp³-hybridized carbons (Fsp3) is 0.154. The van der Waals surface area contributed by atoms with E-state index in [0.29, 0.717) is 0 Å². The Morgan fingerprint density at radius 2 is 1.44 bits per heavy atom. The Morgan fingerprint density at radius 1 is 1.00 bits per heavy atom. The van der Waals surface area contributed by atoms with Crippen molar-refractivity contribution in [3.63, 3.8) is 0 Å². The summed E-state index contributed by atoms with van der Waals surface area (Å²) >= 11 is 0. The van der Waals surface area contributed by atoms with Gasteiger partial charge < -0.3 is 9.13 Å².